The summed E-state index contributed by atoms with van der Waals surface area (Å²) < 4.78 is 0. The van der Waals surface area contributed by atoms with Crippen molar-refractivity contribution in [2.45, 2.75) is 6.92 Å². The van der Waals surface area contributed by atoms with Gasteiger partial charge >= 0.3 is 0 Å². The Balaban J connectivity index is 3.49. The van der Waals surface area contributed by atoms with E-state index >= 15 is 0 Å². The minimum atomic E-state index is 1.02. The van der Waals surface area contributed by atoms with Gasteiger partial charge in [0.15, 0.2) is 0 Å². The van der Waals surface area contributed by atoms with Crippen molar-refractivity contribution < 1.29 is 0 Å². The third kappa shape index (κ3) is 3.03. The first-order valence-electron chi connectivity index (χ1n) is 2.11. The maximum atomic E-state index is 3.53. The Kier molecular flexibility index (Phi) is 3.02. The van der Waals surface area contributed by atoms with E-state index in [0.29, 0.717) is 0 Å². The Labute approximate surface area is 44.0 Å². The van der Waals surface area contributed by atoms with E-state index in [0.717, 1.165) is 5.70 Å². The van der Waals surface area contributed by atoms with Gasteiger partial charge in [0, 0.05) is 18.9 Å². The Morgan fingerprint density at radius 1 is 1.86 bits per heavy atom. The maximum Gasteiger partial charge on any atom is 0.0447 e. The zero-order valence-electron chi connectivity index (χ0n) is 4.73. The second-order valence-corrected chi connectivity index (χ2v) is 1.24. The molecule has 0 amide bonds. The first kappa shape index (κ1) is 6.21. The molecule has 0 fully saturated rings. The summed E-state index contributed by atoms with van der Waals surface area (Å²) >= 11 is 0. The van der Waals surface area contributed by atoms with Gasteiger partial charge in [-0.3, -0.25) is 4.99 Å². The van der Waals surface area contributed by atoms with Crippen molar-refractivity contribution in [1.82, 2.24) is 5.32 Å². The Bertz CT molecular complexity index is 84.1. The number of nitrogens with one attached hydrogen (secondary N) is 1. The molecule has 0 aromatic carbocycles. The molecular formula is C5H10N2. The van der Waals surface area contributed by atoms with Crippen molar-refractivity contribution >= 4 is 6.72 Å². The second kappa shape index (κ2) is 3.40. The molecule has 0 aromatic rings. The van der Waals surface area contributed by atoms with Crippen LogP contribution in [0.1, 0.15) is 6.92 Å². The second-order valence-electron chi connectivity index (χ2n) is 1.24. The summed E-state index contributed by atoms with van der Waals surface area (Å²) in [5.41, 5.74) is 1.02. The van der Waals surface area contributed by atoms with Crippen LogP contribution < -0.4 is 5.32 Å². The van der Waals surface area contributed by atoms with Crippen LogP contribution in [0.25, 0.3) is 0 Å². The molecule has 0 spiro atoms. The van der Waals surface area contributed by atoms with Gasteiger partial charge in [0.05, 0.1) is 0 Å². The van der Waals surface area contributed by atoms with Gasteiger partial charge in [-0.15, -0.1) is 0 Å². The summed E-state index contributed by atoms with van der Waals surface area (Å²) in [7, 11) is 1.84. The monoisotopic (exact) mass is 98.1 g/mol. The summed E-state index contributed by atoms with van der Waals surface area (Å²) in [6.45, 7) is 5.21. The highest BCUT2D eigenvalue weighted by atomic mass is 14.8. The SMILES string of the molecule is C=N/C=C(\C)NC. The van der Waals surface area contributed by atoms with E-state index in [1.165, 1.54) is 0 Å². The average Bonchev–Trinajstić information content (AvgIpc) is 1.68. The summed E-state index contributed by atoms with van der Waals surface area (Å²) in [6, 6.07) is 0. The smallest absolute Gasteiger partial charge is 0.0447 e. The van der Waals surface area contributed by atoms with E-state index in [2.05, 4.69) is 17.0 Å². The molecule has 0 saturated heterocycles. The van der Waals surface area contributed by atoms with Gasteiger partial charge in [0.25, 0.3) is 0 Å². The minimum Gasteiger partial charge on any atom is -0.390 e. The van der Waals surface area contributed by atoms with Gasteiger partial charge in [-0.25, -0.2) is 0 Å². The molecule has 0 aliphatic carbocycles. The first-order valence-corrected chi connectivity index (χ1v) is 2.11. The fourth-order valence-electron chi connectivity index (χ4n) is 0.201. The van der Waals surface area contributed by atoms with E-state index < -0.39 is 0 Å². The number of rotatable bonds is 2. The lowest BCUT2D eigenvalue weighted by atomic mass is 10.5. The third-order valence-corrected chi connectivity index (χ3v) is 0.679. The van der Waals surface area contributed by atoms with Gasteiger partial charge in [0.1, 0.15) is 0 Å². The average molecular weight is 98.1 g/mol. The lowest BCUT2D eigenvalue weighted by Gasteiger charge is -1.91. The molecule has 0 atom stereocenters. The molecule has 0 bridgehead atoms. The number of hydrogen-bond acceptors (Lipinski definition) is 2. The van der Waals surface area contributed by atoms with Crippen molar-refractivity contribution in [2.24, 2.45) is 4.99 Å². The molecule has 40 valence electrons. The van der Waals surface area contributed by atoms with Crippen LogP contribution in [0.5, 0.6) is 0 Å². The van der Waals surface area contributed by atoms with Crippen LogP contribution in [0.2, 0.25) is 0 Å². The van der Waals surface area contributed by atoms with Crippen molar-refractivity contribution in [3.05, 3.63) is 11.9 Å². The third-order valence-electron chi connectivity index (χ3n) is 0.679. The summed E-state index contributed by atoms with van der Waals surface area (Å²) in [5, 5.41) is 2.89. The highest BCUT2D eigenvalue weighted by molar-refractivity contribution is 5.26. The van der Waals surface area contributed by atoms with Gasteiger partial charge in [-0.1, -0.05) is 0 Å². The molecule has 2 heteroatoms. The van der Waals surface area contributed by atoms with E-state index in [-0.39, 0.29) is 0 Å². The van der Waals surface area contributed by atoms with Gasteiger partial charge in [0.2, 0.25) is 0 Å². The topological polar surface area (TPSA) is 24.4 Å². The van der Waals surface area contributed by atoms with E-state index in [1.807, 2.05) is 14.0 Å². The zero-order valence-corrected chi connectivity index (χ0v) is 4.73. The molecule has 0 radical (unpaired) electrons. The van der Waals surface area contributed by atoms with Gasteiger partial charge < -0.3 is 5.32 Å². The maximum absolute atomic E-state index is 3.53. The quantitative estimate of drug-likeness (QED) is 0.507. The number of hydrogen-bond donors (Lipinski definition) is 1. The molecule has 0 heterocycles. The molecule has 7 heavy (non-hydrogen) atoms. The molecule has 1 N–H and O–H groups in total. The molecule has 0 aromatic heterocycles. The standard InChI is InChI=1S/C5H10N2/c1-5(7-3)4-6-2/h4,7H,2H2,1,3H3/b5-4+. The van der Waals surface area contributed by atoms with E-state index in [4.69, 9.17) is 0 Å². The molecule has 0 unspecified atom stereocenters. The van der Waals surface area contributed by atoms with Crippen LogP contribution in [-0.2, 0) is 0 Å². The predicted molar refractivity (Wildman–Crippen MR) is 32.4 cm³/mol. The fraction of sp³-hybridized carbons (Fsp3) is 0.400. The van der Waals surface area contributed by atoms with Crippen molar-refractivity contribution in [3.8, 4) is 0 Å². The number of nitrogens with zero attached hydrogens (tertiary/aromatic N) is 1. The number of allylic oxidation sites excluding steroid dienone is 1. The highest BCUT2D eigenvalue weighted by Gasteiger charge is 1.72. The largest absolute Gasteiger partial charge is 0.390 e. The van der Waals surface area contributed by atoms with Crippen LogP contribution in [-0.4, -0.2) is 13.8 Å². The fourth-order valence-corrected chi connectivity index (χ4v) is 0.201. The summed E-state index contributed by atoms with van der Waals surface area (Å²) in [6.07, 6.45) is 1.67. The van der Waals surface area contributed by atoms with Crippen LogP contribution >= 0.6 is 0 Å². The lowest BCUT2D eigenvalue weighted by molar-refractivity contribution is 0.982. The Morgan fingerprint density at radius 3 is 2.57 bits per heavy atom. The number of aliphatic imine (C=N–C) groups is 1. The predicted octanol–water partition coefficient (Wildman–Crippen LogP) is 0.768. The molecule has 0 saturated carbocycles. The summed E-state index contributed by atoms with van der Waals surface area (Å²) in [4.78, 5) is 3.53. The Morgan fingerprint density at radius 2 is 2.43 bits per heavy atom. The normalized spacial score (nSPS) is 10.9. The van der Waals surface area contributed by atoms with E-state index in [9.17, 15) is 0 Å². The zero-order chi connectivity index (χ0) is 5.70. The minimum absolute atomic E-state index is 1.02. The lowest BCUT2D eigenvalue weighted by Crippen LogP contribution is -1.99. The molecular weight excluding hydrogens is 88.1 g/mol. The molecule has 2 nitrogen and oxygen atoms in total. The summed E-state index contributed by atoms with van der Waals surface area (Å²) in [5.74, 6) is 0. The van der Waals surface area contributed by atoms with Crippen molar-refractivity contribution in [3.63, 3.8) is 0 Å². The van der Waals surface area contributed by atoms with Gasteiger partial charge in [-0.05, 0) is 13.6 Å². The van der Waals surface area contributed by atoms with Crippen molar-refractivity contribution in [1.29, 1.82) is 0 Å². The van der Waals surface area contributed by atoms with Gasteiger partial charge in [-0.2, -0.15) is 0 Å². The van der Waals surface area contributed by atoms with Crippen LogP contribution in [0.4, 0.5) is 0 Å². The molecule has 0 aliphatic heterocycles. The van der Waals surface area contributed by atoms with E-state index in [1.54, 1.807) is 6.20 Å². The highest BCUT2D eigenvalue weighted by Crippen LogP contribution is 1.80. The van der Waals surface area contributed by atoms with Crippen LogP contribution in [0, 0.1) is 0 Å². The van der Waals surface area contributed by atoms with Crippen LogP contribution in [0.3, 0.4) is 0 Å². The van der Waals surface area contributed by atoms with Crippen molar-refractivity contribution in [2.75, 3.05) is 7.05 Å². The van der Waals surface area contributed by atoms with Crippen LogP contribution in [0.15, 0.2) is 16.9 Å². The molecule has 0 rings (SSSR count). The first-order chi connectivity index (χ1) is 3.31. The Hall–Kier alpha value is -0.790. The molecule has 0 aliphatic rings.